The summed E-state index contributed by atoms with van der Waals surface area (Å²) >= 11 is 2.26. The van der Waals surface area contributed by atoms with Gasteiger partial charge >= 0.3 is 32.4 Å². The Hall–Kier alpha value is 0.109. The van der Waals surface area contributed by atoms with Gasteiger partial charge in [0.1, 0.15) is 6.54 Å². The van der Waals surface area contributed by atoms with Crippen LogP contribution in [0.15, 0.2) is 0 Å². The predicted octanol–water partition coefficient (Wildman–Crippen LogP) is -0.614. The Bertz CT molecular complexity index is 105. The van der Waals surface area contributed by atoms with Gasteiger partial charge in [0, 0.05) is 0 Å². The van der Waals surface area contributed by atoms with E-state index in [2.05, 4.69) is 37.2 Å². The van der Waals surface area contributed by atoms with E-state index in [4.69, 9.17) is 5.11 Å². The minimum Gasteiger partial charge on any atom is -0.391 e. The average molecular weight is 226 g/mol. The van der Waals surface area contributed by atoms with Crippen molar-refractivity contribution in [2.45, 2.75) is 6.92 Å². The molecule has 0 unspecified atom stereocenters. The number of hydrogen-bond donors (Lipinski definition) is 1. The molecule has 0 aromatic heterocycles. The second-order valence-corrected chi connectivity index (χ2v) is 4.44. The number of aliphatic hydroxyl groups excluding tert-OH is 1. The fourth-order valence-corrected chi connectivity index (χ4v) is 0.300. The van der Waals surface area contributed by atoms with Gasteiger partial charge in [-0.3, -0.25) is 0 Å². The van der Waals surface area contributed by atoms with Crippen molar-refractivity contribution in [3.63, 3.8) is 0 Å². The number of aliphatic hydroxyl groups is 1. The fourth-order valence-electron chi connectivity index (χ4n) is 0.300. The summed E-state index contributed by atoms with van der Waals surface area (Å²) in [6.45, 7) is 2.59. The summed E-state index contributed by atoms with van der Waals surface area (Å²) in [6, 6.07) is 0. The minimum absolute atomic E-state index is 0.0417. The number of rotatable bonds is 2. The third kappa shape index (κ3) is 39.4. The van der Waals surface area contributed by atoms with Gasteiger partial charge < -0.3 is 9.59 Å². The molecule has 11 heavy (non-hydrogen) atoms. The van der Waals surface area contributed by atoms with Crippen molar-refractivity contribution >= 4 is 20.7 Å². The largest absolute Gasteiger partial charge is 0.391 e. The summed E-state index contributed by atoms with van der Waals surface area (Å²) in [7, 11) is 6.16. The standard InChI is InChI=1S/C5H14NO.C2H3OSe/c1-6(2,3)4-5-7;1-2(3)4/h7H,4-5H2,1-3H3;1H3/q2*+1. The van der Waals surface area contributed by atoms with Gasteiger partial charge in [0.2, 0.25) is 0 Å². The molecule has 0 amide bonds. The first-order valence-corrected chi connectivity index (χ1v) is 4.24. The topological polar surface area (TPSA) is 37.3 Å². The Morgan fingerprint density at radius 2 is 1.73 bits per heavy atom. The summed E-state index contributed by atoms with van der Waals surface area (Å²) in [6.07, 6.45) is 0. The van der Waals surface area contributed by atoms with E-state index < -0.39 is 0 Å². The molecule has 0 bridgehead atoms. The number of carbonyl (C=O) groups excluding carboxylic acids is 1. The molecular formula is C7H17NO2Se+2. The zero-order valence-corrected chi connectivity index (χ0v) is 9.34. The van der Waals surface area contributed by atoms with E-state index in [9.17, 15) is 4.79 Å². The zero-order chi connectivity index (χ0) is 9.49. The van der Waals surface area contributed by atoms with E-state index in [0.29, 0.717) is 0 Å². The summed E-state index contributed by atoms with van der Waals surface area (Å²) < 4.78 is 0.885. The van der Waals surface area contributed by atoms with E-state index in [1.807, 2.05) is 0 Å². The molecule has 0 fully saturated rings. The minimum atomic E-state index is 0.0417. The normalized spacial score (nSPS) is 9.91. The monoisotopic (exact) mass is 227 g/mol. The molecule has 2 radical (unpaired) electrons. The van der Waals surface area contributed by atoms with E-state index in [1.54, 1.807) is 0 Å². The maximum absolute atomic E-state index is 9.39. The quantitative estimate of drug-likeness (QED) is 0.503. The van der Waals surface area contributed by atoms with Gasteiger partial charge in [0.25, 0.3) is 0 Å². The SMILES string of the molecule is CC(=O)[Se+].C[N+](C)(C)CCO. The van der Waals surface area contributed by atoms with Crippen LogP contribution in [0.1, 0.15) is 6.92 Å². The summed E-state index contributed by atoms with van der Waals surface area (Å²) in [5, 5.41) is 8.39. The number of nitrogens with zero attached hydrogens (tertiary/aromatic N) is 1. The molecule has 0 saturated carbocycles. The van der Waals surface area contributed by atoms with Crippen molar-refractivity contribution in [3.8, 4) is 0 Å². The number of quaternary nitrogens is 1. The summed E-state index contributed by atoms with van der Waals surface area (Å²) in [5.74, 6) is 0. The Kier molecular flexibility index (Phi) is 8.45. The van der Waals surface area contributed by atoms with Crippen LogP contribution in [0.5, 0.6) is 0 Å². The van der Waals surface area contributed by atoms with Crippen LogP contribution < -0.4 is 0 Å². The first kappa shape index (κ1) is 13.7. The van der Waals surface area contributed by atoms with Crippen LogP contribution in [0, 0.1) is 0 Å². The third-order valence-electron chi connectivity index (χ3n) is 0.771. The second kappa shape index (κ2) is 6.80. The van der Waals surface area contributed by atoms with Crippen molar-refractivity contribution in [2.75, 3.05) is 34.3 Å². The molecule has 0 aliphatic rings. The average Bonchev–Trinajstić information content (AvgIpc) is 1.58. The maximum Gasteiger partial charge on any atom is 0.101 e. The van der Waals surface area contributed by atoms with Crippen molar-refractivity contribution < 1.29 is 14.4 Å². The molecule has 0 aromatic rings. The van der Waals surface area contributed by atoms with Gasteiger partial charge in [-0.1, -0.05) is 0 Å². The van der Waals surface area contributed by atoms with Gasteiger partial charge in [-0.05, 0) is 0 Å². The van der Waals surface area contributed by atoms with Gasteiger partial charge in [0.15, 0.2) is 0 Å². The van der Waals surface area contributed by atoms with Crippen molar-refractivity contribution in [3.05, 3.63) is 0 Å². The molecule has 0 aromatic carbocycles. The summed E-state index contributed by atoms with van der Waals surface area (Å²) in [5.41, 5.74) is 0. The van der Waals surface area contributed by atoms with Gasteiger partial charge in [-0.15, -0.1) is 0 Å². The molecule has 66 valence electrons. The van der Waals surface area contributed by atoms with E-state index in [0.717, 1.165) is 11.0 Å². The van der Waals surface area contributed by atoms with Gasteiger partial charge in [-0.25, -0.2) is 0 Å². The molecule has 0 atom stereocenters. The Balaban J connectivity index is 0. The Morgan fingerprint density at radius 3 is 1.73 bits per heavy atom. The van der Waals surface area contributed by atoms with Crippen molar-refractivity contribution in [2.24, 2.45) is 0 Å². The molecular weight excluding hydrogens is 209 g/mol. The van der Waals surface area contributed by atoms with Crippen LogP contribution in [0.4, 0.5) is 0 Å². The third-order valence-corrected chi connectivity index (χ3v) is 0.771. The molecule has 0 aliphatic heterocycles. The zero-order valence-electron chi connectivity index (χ0n) is 7.63. The van der Waals surface area contributed by atoms with Crippen molar-refractivity contribution in [1.29, 1.82) is 0 Å². The van der Waals surface area contributed by atoms with Gasteiger partial charge in [0.05, 0.1) is 27.7 Å². The van der Waals surface area contributed by atoms with Crippen molar-refractivity contribution in [1.82, 2.24) is 0 Å². The predicted molar refractivity (Wildman–Crippen MR) is 46.4 cm³/mol. The second-order valence-electron chi connectivity index (χ2n) is 3.23. The maximum atomic E-state index is 9.39. The van der Waals surface area contributed by atoms with Crippen LogP contribution in [0.3, 0.4) is 0 Å². The first-order valence-electron chi connectivity index (χ1n) is 3.38. The summed E-state index contributed by atoms with van der Waals surface area (Å²) in [4.78, 5) is 9.39. The smallest absolute Gasteiger partial charge is 0.101 e. The van der Waals surface area contributed by atoms with Crippen LogP contribution in [-0.4, -0.2) is 64.6 Å². The number of likely N-dealkylation sites (N-methyl/N-ethyl adjacent to an activating group) is 1. The number of hydrogen-bond acceptors (Lipinski definition) is 2. The Labute approximate surface area is 76.8 Å². The molecule has 0 aliphatic carbocycles. The van der Waals surface area contributed by atoms with Crippen LogP contribution >= 0.6 is 0 Å². The molecule has 0 spiro atoms. The van der Waals surface area contributed by atoms with E-state index in [-0.39, 0.29) is 11.3 Å². The number of carbonyl (C=O) groups is 1. The fraction of sp³-hybridized carbons (Fsp3) is 0.857. The van der Waals surface area contributed by atoms with E-state index in [1.165, 1.54) is 6.92 Å². The molecule has 0 heterocycles. The van der Waals surface area contributed by atoms with Crippen LogP contribution in [0.2, 0.25) is 0 Å². The molecule has 3 nitrogen and oxygen atoms in total. The Morgan fingerprint density at radius 1 is 1.45 bits per heavy atom. The van der Waals surface area contributed by atoms with Crippen LogP contribution in [-0.2, 0) is 4.79 Å². The molecule has 0 rings (SSSR count). The van der Waals surface area contributed by atoms with E-state index >= 15 is 0 Å². The molecule has 1 N–H and O–H groups in total. The van der Waals surface area contributed by atoms with Gasteiger partial charge in [-0.2, -0.15) is 0 Å². The van der Waals surface area contributed by atoms with Crippen LogP contribution in [0.25, 0.3) is 0 Å². The molecule has 4 heteroatoms. The molecule has 0 saturated heterocycles. The first-order chi connectivity index (χ1) is 4.79.